The largest absolute Gasteiger partial charge is 0.454 e. The molecule has 0 aromatic heterocycles. The number of anilines is 1. The summed E-state index contributed by atoms with van der Waals surface area (Å²) in [7, 11) is 0. The lowest BCUT2D eigenvalue weighted by atomic mass is 10.1. The fourth-order valence-corrected chi connectivity index (χ4v) is 2.36. The van der Waals surface area contributed by atoms with Gasteiger partial charge in [0.2, 0.25) is 6.79 Å². The summed E-state index contributed by atoms with van der Waals surface area (Å²) in [6.07, 6.45) is 0. The Balaban J connectivity index is 1.96. The minimum Gasteiger partial charge on any atom is -0.454 e. The van der Waals surface area contributed by atoms with E-state index in [2.05, 4.69) is 5.32 Å². The summed E-state index contributed by atoms with van der Waals surface area (Å²) in [5, 5.41) is 2.71. The first-order valence-electron chi connectivity index (χ1n) is 6.66. The van der Waals surface area contributed by atoms with Gasteiger partial charge in [-0.05, 0) is 31.2 Å². The van der Waals surface area contributed by atoms with Crippen molar-refractivity contribution < 1.29 is 23.5 Å². The molecule has 0 saturated carbocycles. The second kappa shape index (κ2) is 5.89. The van der Waals surface area contributed by atoms with Gasteiger partial charge < -0.3 is 14.8 Å². The molecule has 7 heteroatoms. The fourth-order valence-electron chi connectivity index (χ4n) is 2.20. The standard InChI is InChI=1S/C16H11ClFNO4/c1-8(20)11-5-14-15(23-7-22-14)6-13(11)19-16(21)10-3-2-9(17)4-12(10)18/h2-6H,7H2,1H3,(H,19,21). The van der Waals surface area contributed by atoms with Gasteiger partial charge in [-0.1, -0.05) is 11.6 Å². The third-order valence-corrected chi connectivity index (χ3v) is 3.55. The number of benzene rings is 2. The molecule has 2 aromatic carbocycles. The maximum absolute atomic E-state index is 13.8. The molecule has 0 fully saturated rings. The molecule has 0 radical (unpaired) electrons. The van der Waals surface area contributed by atoms with Crippen LogP contribution in [0.4, 0.5) is 10.1 Å². The topological polar surface area (TPSA) is 64.6 Å². The van der Waals surface area contributed by atoms with E-state index in [9.17, 15) is 14.0 Å². The molecule has 1 heterocycles. The molecule has 0 aliphatic carbocycles. The third-order valence-electron chi connectivity index (χ3n) is 3.32. The Morgan fingerprint density at radius 2 is 1.83 bits per heavy atom. The summed E-state index contributed by atoms with van der Waals surface area (Å²) in [6.45, 7) is 1.39. The SMILES string of the molecule is CC(=O)c1cc2c(cc1NC(=O)c1ccc(Cl)cc1F)OCO2. The lowest BCUT2D eigenvalue weighted by Crippen LogP contribution is -2.15. The quantitative estimate of drug-likeness (QED) is 0.869. The Bertz CT molecular complexity index is 822. The molecule has 3 rings (SSSR count). The first-order valence-corrected chi connectivity index (χ1v) is 7.04. The number of ketones is 1. The van der Waals surface area contributed by atoms with E-state index in [0.29, 0.717) is 11.5 Å². The zero-order valence-corrected chi connectivity index (χ0v) is 12.7. The molecule has 1 N–H and O–H groups in total. The molecular weight excluding hydrogens is 325 g/mol. The summed E-state index contributed by atoms with van der Waals surface area (Å²) >= 11 is 5.67. The zero-order chi connectivity index (χ0) is 16.6. The van der Waals surface area contributed by atoms with Gasteiger partial charge in [0.1, 0.15) is 5.82 Å². The number of carbonyl (C=O) groups excluding carboxylic acids is 2. The molecule has 2 aromatic rings. The normalized spacial score (nSPS) is 12.1. The van der Waals surface area contributed by atoms with Gasteiger partial charge in [0.15, 0.2) is 17.3 Å². The van der Waals surface area contributed by atoms with E-state index in [1.165, 1.54) is 31.2 Å². The third kappa shape index (κ3) is 2.98. The van der Waals surface area contributed by atoms with E-state index in [1.54, 1.807) is 0 Å². The summed E-state index contributed by atoms with van der Waals surface area (Å²) in [6, 6.07) is 6.68. The Hall–Kier alpha value is -2.60. The fraction of sp³-hybridized carbons (Fsp3) is 0.125. The highest BCUT2D eigenvalue weighted by atomic mass is 35.5. The van der Waals surface area contributed by atoms with Crippen LogP contribution < -0.4 is 14.8 Å². The summed E-state index contributed by atoms with van der Waals surface area (Å²) < 4.78 is 24.3. The van der Waals surface area contributed by atoms with Crippen molar-refractivity contribution in [3.05, 3.63) is 52.3 Å². The first-order chi connectivity index (χ1) is 11.0. The van der Waals surface area contributed by atoms with Gasteiger partial charge in [0.25, 0.3) is 5.91 Å². The number of nitrogens with one attached hydrogen (secondary N) is 1. The van der Waals surface area contributed by atoms with Gasteiger partial charge in [-0.2, -0.15) is 0 Å². The molecule has 23 heavy (non-hydrogen) atoms. The second-order valence-electron chi connectivity index (χ2n) is 4.89. The lowest BCUT2D eigenvalue weighted by Gasteiger charge is -2.11. The van der Waals surface area contributed by atoms with Crippen LogP contribution in [0, 0.1) is 5.82 Å². The number of carbonyl (C=O) groups is 2. The van der Waals surface area contributed by atoms with Crippen LogP contribution in [0.2, 0.25) is 5.02 Å². The average molecular weight is 336 g/mol. The molecule has 0 saturated heterocycles. The number of hydrogen-bond donors (Lipinski definition) is 1. The van der Waals surface area contributed by atoms with Crippen LogP contribution in [0.3, 0.4) is 0 Å². The number of amides is 1. The van der Waals surface area contributed by atoms with E-state index in [0.717, 1.165) is 6.07 Å². The zero-order valence-electron chi connectivity index (χ0n) is 12.0. The van der Waals surface area contributed by atoms with Gasteiger partial charge in [-0.25, -0.2) is 4.39 Å². The number of Topliss-reactive ketones (excluding diaryl/α,β-unsaturated/α-hetero) is 1. The molecular formula is C16H11ClFNO4. The minimum atomic E-state index is -0.750. The van der Waals surface area contributed by atoms with Crippen LogP contribution in [0.1, 0.15) is 27.6 Å². The predicted octanol–water partition coefficient (Wildman–Crippen LogP) is 3.66. The van der Waals surface area contributed by atoms with Crippen LogP contribution in [-0.2, 0) is 0 Å². The van der Waals surface area contributed by atoms with Crippen molar-refractivity contribution in [2.75, 3.05) is 12.1 Å². The van der Waals surface area contributed by atoms with Crippen molar-refractivity contribution in [2.45, 2.75) is 6.92 Å². The second-order valence-corrected chi connectivity index (χ2v) is 5.32. The smallest absolute Gasteiger partial charge is 0.258 e. The van der Waals surface area contributed by atoms with Gasteiger partial charge in [0.05, 0.1) is 11.3 Å². The van der Waals surface area contributed by atoms with Crippen LogP contribution in [-0.4, -0.2) is 18.5 Å². The lowest BCUT2D eigenvalue weighted by molar-refractivity contribution is 0.101. The number of halogens is 2. The molecule has 0 atom stereocenters. The molecule has 118 valence electrons. The van der Waals surface area contributed by atoms with E-state index < -0.39 is 11.7 Å². The molecule has 0 bridgehead atoms. The van der Waals surface area contributed by atoms with Crippen LogP contribution >= 0.6 is 11.6 Å². The van der Waals surface area contributed by atoms with Crippen molar-refractivity contribution >= 4 is 29.0 Å². The number of hydrogen-bond acceptors (Lipinski definition) is 4. The van der Waals surface area contributed by atoms with Crippen molar-refractivity contribution in [1.29, 1.82) is 0 Å². The predicted molar refractivity (Wildman–Crippen MR) is 81.9 cm³/mol. The Morgan fingerprint density at radius 1 is 1.13 bits per heavy atom. The molecule has 5 nitrogen and oxygen atoms in total. The molecule has 0 spiro atoms. The minimum absolute atomic E-state index is 0.0376. The molecule has 1 aliphatic heterocycles. The van der Waals surface area contributed by atoms with Gasteiger partial charge in [-0.15, -0.1) is 0 Å². The highest BCUT2D eigenvalue weighted by Crippen LogP contribution is 2.37. The van der Waals surface area contributed by atoms with Crippen LogP contribution in [0.15, 0.2) is 30.3 Å². The molecule has 0 unspecified atom stereocenters. The Labute approximate surface area is 136 Å². The highest BCUT2D eigenvalue weighted by Gasteiger charge is 2.21. The van der Waals surface area contributed by atoms with Crippen molar-refractivity contribution in [1.82, 2.24) is 0 Å². The molecule has 1 aliphatic rings. The van der Waals surface area contributed by atoms with Crippen molar-refractivity contribution in [2.24, 2.45) is 0 Å². The van der Waals surface area contributed by atoms with Gasteiger partial charge in [0, 0.05) is 16.7 Å². The van der Waals surface area contributed by atoms with Crippen LogP contribution in [0.25, 0.3) is 0 Å². The molecule has 1 amide bonds. The summed E-state index contributed by atoms with van der Waals surface area (Å²) in [4.78, 5) is 24.0. The Kier molecular flexibility index (Phi) is 3.92. The van der Waals surface area contributed by atoms with Gasteiger partial charge in [-0.3, -0.25) is 9.59 Å². The average Bonchev–Trinajstić information content (AvgIpc) is 2.93. The van der Waals surface area contributed by atoms with Crippen LogP contribution in [0.5, 0.6) is 11.5 Å². The maximum Gasteiger partial charge on any atom is 0.258 e. The first kappa shape index (κ1) is 15.3. The number of fused-ring (bicyclic) bond motifs is 1. The highest BCUT2D eigenvalue weighted by molar-refractivity contribution is 6.30. The van der Waals surface area contributed by atoms with E-state index in [-0.39, 0.29) is 34.4 Å². The van der Waals surface area contributed by atoms with E-state index in [4.69, 9.17) is 21.1 Å². The monoisotopic (exact) mass is 335 g/mol. The maximum atomic E-state index is 13.8. The van der Waals surface area contributed by atoms with Crippen molar-refractivity contribution in [3.63, 3.8) is 0 Å². The van der Waals surface area contributed by atoms with Crippen molar-refractivity contribution in [3.8, 4) is 11.5 Å². The summed E-state index contributed by atoms with van der Waals surface area (Å²) in [5.41, 5.74) is 0.291. The van der Waals surface area contributed by atoms with Gasteiger partial charge >= 0.3 is 0 Å². The summed E-state index contributed by atoms with van der Waals surface area (Å²) in [5.74, 6) is -0.886. The Morgan fingerprint density at radius 3 is 2.48 bits per heavy atom. The number of rotatable bonds is 3. The number of ether oxygens (including phenoxy) is 2. The van der Waals surface area contributed by atoms with E-state index in [1.807, 2.05) is 0 Å². The van der Waals surface area contributed by atoms with E-state index >= 15 is 0 Å².